The summed E-state index contributed by atoms with van der Waals surface area (Å²) >= 11 is 5.92. The van der Waals surface area contributed by atoms with Crippen LogP contribution in [-0.4, -0.2) is 23.7 Å². The number of amides is 2. The molecular weight excluding hydrogens is 280 g/mol. The van der Waals surface area contributed by atoms with E-state index < -0.39 is 12.0 Å². The highest BCUT2D eigenvalue weighted by atomic mass is 35.5. The van der Waals surface area contributed by atoms with Crippen LogP contribution >= 0.6 is 11.6 Å². The number of aromatic carboxylic acids is 1. The Kier molecular flexibility index (Phi) is 5.39. The number of hydrogen-bond donors (Lipinski definition) is 3. The van der Waals surface area contributed by atoms with Gasteiger partial charge in [0.25, 0.3) is 0 Å². The van der Waals surface area contributed by atoms with Crippen molar-refractivity contribution in [3.05, 3.63) is 28.8 Å². The standard InChI is InChI=1S/C14H19ClN2O3/c1-14(2,3)6-7-16-13(20)17-11-8-9(12(18)19)4-5-10(11)15/h4-5,8H,6-7H2,1-3H3,(H,18,19)(H2,16,17,20). The van der Waals surface area contributed by atoms with Crippen molar-refractivity contribution in [2.75, 3.05) is 11.9 Å². The molecule has 0 aromatic heterocycles. The Hall–Kier alpha value is -1.75. The number of carboxylic acid groups (broad SMARTS) is 1. The summed E-state index contributed by atoms with van der Waals surface area (Å²) in [6.45, 7) is 6.78. The molecule has 6 heteroatoms. The van der Waals surface area contributed by atoms with Gasteiger partial charge in [-0.15, -0.1) is 0 Å². The molecule has 0 saturated carbocycles. The fourth-order valence-electron chi connectivity index (χ4n) is 1.47. The van der Waals surface area contributed by atoms with Crippen LogP contribution in [0.1, 0.15) is 37.6 Å². The monoisotopic (exact) mass is 298 g/mol. The Morgan fingerprint density at radius 3 is 2.50 bits per heavy atom. The Labute approximate surface area is 123 Å². The van der Waals surface area contributed by atoms with Gasteiger partial charge in [-0.1, -0.05) is 32.4 Å². The molecule has 0 aliphatic heterocycles. The highest BCUT2D eigenvalue weighted by molar-refractivity contribution is 6.33. The molecule has 0 fully saturated rings. The van der Waals surface area contributed by atoms with Gasteiger partial charge < -0.3 is 15.7 Å². The second kappa shape index (κ2) is 6.61. The van der Waals surface area contributed by atoms with Crippen LogP contribution in [0.4, 0.5) is 10.5 Å². The predicted octanol–water partition coefficient (Wildman–Crippen LogP) is 3.60. The lowest BCUT2D eigenvalue weighted by Crippen LogP contribution is -2.31. The first-order chi connectivity index (χ1) is 9.19. The van der Waals surface area contributed by atoms with Crippen LogP contribution in [-0.2, 0) is 0 Å². The van der Waals surface area contributed by atoms with Crippen LogP contribution in [0.15, 0.2) is 18.2 Å². The molecule has 0 atom stereocenters. The maximum atomic E-state index is 11.7. The third-order valence-electron chi connectivity index (χ3n) is 2.62. The summed E-state index contributed by atoms with van der Waals surface area (Å²) in [6.07, 6.45) is 0.837. The zero-order valence-corrected chi connectivity index (χ0v) is 12.5. The predicted molar refractivity (Wildman–Crippen MR) is 79.5 cm³/mol. The summed E-state index contributed by atoms with van der Waals surface area (Å²) in [6, 6.07) is 3.75. The van der Waals surface area contributed by atoms with E-state index in [1.807, 2.05) is 0 Å². The smallest absolute Gasteiger partial charge is 0.335 e. The van der Waals surface area contributed by atoms with Crippen LogP contribution in [0.2, 0.25) is 5.02 Å². The summed E-state index contributed by atoms with van der Waals surface area (Å²) in [5.41, 5.74) is 0.480. The van der Waals surface area contributed by atoms with Gasteiger partial charge in [0.2, 0.25) is 0 Å². The molecule has 5 nitrogen and oxygen atoms in total. The molecule has 1 rings (SSSR count). The molecule has 0 saturated heterocycles. The van der Waals surface area contributed by atoms with Crippen molar-refractivity contribution >= 4 is 29.3 Å². The molecule has 20 heavy (non-hydrogen) atoms. The lowest BCUT2D eigenvalue weighted by Gasteiger charge is -2.18. The number of anilines is 1. The van der Waals surface area contributed by atoms with Crippen molar-refractivity contribution in [3.63, 3.8) is 0 Å². The molecule has 0 heterocycles. The van der Waals surface area contributed by atoms with E-state index in [-0.39, 0.29) is 16.7 Å². The quantitative estimate of drug-likeness (QED) is 0.794. The van der Waals surface area contributed by atoms with Crippen molar-refractivity contribution in [2.45, 2.75) is 27.2 Å². The summed E-state index contributed by atoms with van der Waals surface area (Å²) < 4.78 is 0. The largest absolute Gasteiger partial charge is 0.478 e. The molecule has 3 N–H and O–H groups in total. The van der Waals surface area contributed by atoms with E-state index in [0.29, 0.717) is 11.6 Å². The highest BCUT2D eigenvalue weighted by Gasteiger charge is 2.12. The van der Waals surface area contributed by atoms with Crippen molar-refractivity contribution in [1.29, 1.82) is 0 Å². The van der Waals surface area contributed by atoms with E-state index in [1.54, 1.807) is 0 Å². The molecule has 2 amide bonds. The number of carboxylic acids is 1. The average molecular weight is 299 g/mol. The van der Waals surface area contributed by atoms with Crippen molar-refractivity contribution < 1.29 is 14.7 Å². The SMILES string of the molecule is CC(C)(C)CCNC(=O)Nc1cc(C(=O)O)ccc1Cl. The normalized spacial score (nSPS) is 11.0. The molecule has 0 unspecified atom stereocenters. The van der Waals surface area contributed by atoms with Gasteiger partial charge in [-0.2, -0.15) is 0 Å². The number of nitrogens with one attached hydrogen (secondary N) is 2. The van der Waals surface area contributed by atoms with Crippen LogP contribution in [0, 0.1) is 5.41 Å². The number of rotatable bonds is 4. The second-order valence-corrected chi connectivity index (χ2v) is 6.10. The Morgan fingerprint density at radius 2 is 1.95 bits per heavy atom. The van der Waals surface area contributed by atoms with Gasteiger partial charge in [0.15, 0.2) is 0 Å². The second-order valence-electron chi connectivity index (χ2n) is 5.69. The minimum atomic E-state index is -1.07. The topological polar surface area (TPSA) is 78.4 Å². The number of carbonyl (C=O) groups excluding carboxylic acids is 1. The molecule has 0 bridgehead atoms. The first-order valence-corrected chi connectivity index (χ1v) is 6.64. The third-order valence-corrected chi connectivity index (χ3v) is 2.95. The molecule has 110 valence electrons. The highest BCUT2D eigenvalue weighted by Crippen LogP contribution is 2.23. The van der Waals surface area contributed by atoms with Crippen molar-refractivity contribution in [1.82, 2.24) is 5.32 Å². The molecule has 1 aromatic carbocycles. The Morgan fingerprint density at radius 1 is 1.30 bits per heavy atom. The van der Waals surface area contributed by atoms with Gasteiger partial charge in [-0.25, -0.2) is 9.59 Å². The van der Waals surface area contributed by atoms with Gasteiger partial charge >= 0.3 is 12.0 Å². The minimum absolute atomic E-state index is 0.0689. The maximum Gasteiger partial charge on any atom is 0.335 e. The van der Waals surface area contributed by atoms with Crippen LogP contribution in [0.5, 0.6) is 0 Å². The van der Waals surface area contributed by atoms with Crippen molar-refractivity contribution in [3.8, 4) is 0 Å². The fourth-order valence-corrected chi connectivity index (χ4v) is 1.64. The van der Waals surface area contributed by atoms with E-state index in [2.05, 4.69) is 31.4 Å². The Balaban J connectivity index is 2.62. The summed E-state index contributed by atoms with van der Waals surface area (Å²) in [7, 11) is 0. The Bertz CT molecular complexity index is 510. The number of halogens is 1. The first kappa shape index (κ1) is 16.3. The maximum absolute atomic E-state index is 11.7. The lowest BCUT2D eigenvalue weighted by molar-refractivity contribution is 0.0697. The third kappa shape index (κ3) is 5.48. The average Bonchev–Trinajstić information content (AvgIpc) is 2.30. The van der Waals surface area contributed by atoms with Gasteiger partial charge in [0.1, 0.15) is 0 Å². The zero-order chi connectivity index (χ0) is 15.3. The first-order valence-electron chi connectivity index (χ1n) is 6.27. The lowest BCUT2D eigenvalue weighted by atomic mass is 9.92. The number of hydrogen-bond acceptors (Lipinski definition) is 2. The van der Waals surface area contributed by atoms with Gasteiger partial charge in [-0.3, -0.25) is 0 Å². The minimum Gasteiger partial charge on any atom is -0.478 e. The van der Waals surface area contributed by atoms with Gasteiger partial charge in [0, 0.05) is 6.54 Å². The molecule has 1 aromatic rings. The van der Waals surface area contributed by atoms with E-state index in [1.165, 1.54) is 18.2 Å². The number of benzene rings is 1. The molecule has 0 spiro atoms. The van der Waals surface area contributed by atoms with Crippen LogP contribution in [0.3, 0.4) is 0 Å². The molecule has 0 aliphatic carbocycles. The van der Waals surface area contributed by atoms with E-state index in [4.69, 9.17) is 16.7 Å². The van der Waals surface area contributed by atoms with E-state index in [0.717, 1.165) is 6.42 Å². The molecule has 0 aliphatic rings. The summed E-state index contributed by atoms with van der Waals surface area (Å²) in [5.74, 6) is -1.07. The van der Waals surface area contributed by atoms with Gasteiger partial charge in [-0.05, 0) is 30.0 Å². The van der Waals surface area contributed by atoms with Gasteiger partial charge in [0.05, 0.1) is 16.3 Å². The van der Waals surface area contributed by atoms with E-state index >= 15 is 0 Å². The molecule has 0 radical (unpaired) electrons. The zero-order valence-electron chi connectivity index (χ0n) is 11.8. The van der Waals surface area contributed by atoms with E-state index in [9.17, 15) is 9.59 Å². The summed E-state index contributed by atoms with van der Waals surface area (Å²) in [5, 5.41) is 14.4. The number of carbonyl (C=O) groups is 2. The fraction of sp³-hybridized carbons (Fsp3) is 0.429. The van der Waals surface area contributed by atoms with Crippen LogP contribution in [0.25, 0.3) is 0 Å². The molecular formula is C14H19ClN2O3. The number of urea groups is 1. The van der Waals surface area contributed by atoms with Crippen molar-refractivity contribution in [2.24, 2.45) is 5.41 Å². The van der Waals surface area contributed by atoms with Crippen LogP contribution < -0.4 is 10.6 Å². The summed E-state index contributed by atoms with van der Waals surface area (Å²) in [4.78, 5) is 22.6.